The number of hydrogen-bond donors (Lipinski definition) is 2. The van der Waals surface area contributed by atoms with E-state index in [4.69, 9.17) is 5.73 Å². The Labute approximate surface area is 139 Å². The highest BCUT2D eigenvalue weighted by Crippen LogP contribution is 2.35. The number of carbonyl (C=O) groups is 1. The van der Waals surface area contributed by atoms with Gasteiger partial charge in [-0.1, -0.05) is 30.3 Å². The minimum atomic E-state index is -0.647. The van der Waals surface area contributed by atoms with Crippen LogP contribution in [0, 0.1) is 0 Å². The van der Waals surface area contributed by atoms with E-state index in [1.807, 2.05) is 6.07 Å². The van der Waals surface area contributed by atoms with Crippen molar-refractivity contribution >= 4 is 22.4 Å². The molecule has 0 unspecified atom stereocenters. The van der Waals surface area contributed by atoms with Gasteiger partial charge in [-0.25, -0.2) is 4.98 Å². The van der Waals surface area contributed by atoms with Gasteiger partial charge in [-0.3, -0.25) is 9.69 Å². The van der Waals surface area contributed by atoms with Gasteiger partial charge < -0.3 is 11.1 Å². The van der Waals surface area contributed by atoms with Crippen LogP contribution in [0.5, 0.6) is 0 Å². The van der Waals surface area contributed by atoms with Crippen LogP contribution in [0.3, 0.4) is 0 Å². The van der Waals surface area contributed by atoms with E-state index < -0.39 is 5.54 Å². The molecule has 0 bridgehead atoms. The lowest BCUT2D eigenvalue weighted by Crippen LogP contribution is -2.37. The minimum Gasteiger partial charge on any atom is -0.317 e. The second-order valence-electron chi connectivity index (χ2n) is 6.45. The summed E-state index contributed by atoms with van der Waals surface area (Å²) in [5.74, 6) is -0.0928. The van der Waals surface area contributed by atoms with Crippen molar-refractivity contribution in [1.82, 2.24) is 9.88 Å². The fourth-order valence-electron chi connectivity index (χ4n) is 2.86. The average Bonchev–Trinajstić information content (AvgIpc) is 3.18. The van der Waals surface area contributed by atoms with Gasteiger partial charge in [0.1, 0.15) is 0 Å². The fourth-order valence-corrected chi connectivity index (χ4v) is 3.91. The van der Waals surface area contributed by atoms with Crippen LogP contribution in [0.4, 0.5) is 5.13 Å². The van der Waals surface area contributed by atoms with Gasteiger partial charge in [0.05, 0.1) is 11.2 Å². The molecular formula is C17H20N4OS. The van der Waals surface area contributed by atoms with Crippen molar-refractivity contribution in [2.45, 2.75) is 37.9 Å². The van der Waals surface area contributed by atoms with E-state index in [1.54, 1.807) is 11.3 Å². The Morgan fingerprint density at radius 1 is 1.35 bits per heavy atom. The van der Waals surface area contributed by atoms with Crippen molar-refractivity contribution < 1.29 is 4.79 Å². The Hall–Kier alpha value is -1.76. The molecule has 0 atom stereocenters. The molecule has 23 heavy (non-hydrogen) atoms. The first kappa shape index (κ1) is 14.8. The number of nitrogens with zero attached hydrogens (tertiary/aromatic N) is 2. The highest BCUT2D eigenvalue weighted by molar-refractivity contribution is 7.15. The Morgan fingerprint density at radius 2 is 2.13 bits per heavy atom. The van der Waals surface area contributed by atoms with Gasteiger partial charge in [0.2, 0.25) is 5.91 Å². The lowest BCUT2D eigenvalue weighted by molar-refractivity contribution is -0.118. The number of anilines is 1. The molecular weight excluding hydrogens is 308 g/mol. The number of carbonyl (C=O) groups excluding carboxylic acids is 1. The molecule has 0 saturated heterocycles. The Balaban J connectivity index is 1.42. The molecule has 0 spiro atoms. The molecule has 0 radical (unpaired) electrons. The topological polar surface area (TPSA) is 71.2 Å². The van der Waals surface area contributed by atoms with Gasteiger partial charge in [-0.2, -0.15) is 0 Å². The van der Waals surface area contributed by atoms with E-state index in [0.29, 0.717) is 5.13 Å². The van der Waals surface area contributed by atoms with E-state index in [-0.39, 0.29) is 5.91 Å². The van der Waals surface area contributed by atoms with E-state index >= 15 is 0 Å². The molecule has 1 aromatic carbocycles. The Bertz CT molecular complexity index is 723. The molecule has 5 nitrogen and oxygen atoms in total. The zero-order valence-electron chi connectivity index (χ0n) is 12.9. The first-order valence-electron chi connectivity index (χ1n) is 7.98. The van der Waals surface area contributed by atoms with Crippen LogP contribution in [0.2, 0.25) is 0 Å². The quantitative estimate of drug-likeness (QED) is 0.902. The Kier molecular flexibility index (Phi) is 3.67. The van der Waals surface area contributed by atoms with Gasteiger partial charge >= 0.3 is 0 Å². The molecule has 2 aliphatic rings. The highest BCUT2D eigenvalue weighted by Gasteiger charge is 2.46. The summed E-state index contributed by atoms with van der Waals surface area (Å²) in [6.07, 6.45) is 2.48. The zero-order valence-corrected chi connectivity index (χ0v) is 13.7. The van der Waals surface area contributed by atoms with Crippen LogP contribution in [0.1, 0.15) is 29.0 Å². The standard InChI is InChI=1S/C17H20N4OS/c18-17(7-8-17)15(22)20-16-19-13-6-9-21(11-14(13)23-16)10-12-4-2-1-3-5-12/h1-5H,6-11,18H2,(H,19,20,22). The molecule has 1 aliphatic heterocycles. The van der Waals surface area contributed by atoms with Gasteiger partial charge in [0, 0.05) is 30.9 Å². The fraction of sp³-hybridized carbons (Fsp3) is 0.412. The minimum absolute atomic E-state index is 0.0928. The van der Waals surface area contributed by atoms with Crippen molar-refractivity contribution in [2.75, 3.05) is 11.9 Å². The molecule has 1 aromatic heterocycles. The molecule has 1 aliphatic carbocycles. The molecule has 120 valence electrons. The van der Waals surface area contributed by atoms with Crippen LogP contribution in [-0.4, -0.2) is 27.9 Å². The summed E-state index contributed by atoms with van der Waals surface area (Å²) >= 11 is 1.58. The molecule has 1 amide bonds. The number of thiazole rings is 1. The Morgan fingerprint density at radius 3 is 2.87 bits per heavy atom. The van der Waals surface area contributed by atoms with Crippen molar-refractivity contribution in [1.29, 1.82) is 0 Å². The third kappa shape index (κ3) is 3.15. The molecule has 2 heterocycles. The summed E-state index contributed by atoms with van der Waals surface area (Å²) in [5, 5.41) is 3.58. The number of benzene rings is 1. The van der Waals surface area contributed by atoms with Crippen molar-refractivity contribution in [3.05, 3.63) is 46.5 Å². The second-order valence-corrected chi connectivity index (χ2v) is 7.53. The highest BCUT2D eigenvalue weighted by atomic mass is 32.1. The SMILES string of the molecule is NC1(C(=O)Nc2nc3c(s2)CN(Cc2ccccc2)CC3)CC1. The predicted molar refractivity (Wildman–Crippen MR) is 91.2 cm³/mol. The van der Waals surface area contributed by atoms with Gasteiger partial charge in [0.25, 0.3) is 0 Å². The maximum Gasteiger partial charge on any atom is 0.246 e. The van der Waals surface area contributed by atoms with E-state index in [0.717, 1.165) is 44.6 Å². The number of nitrogens with one attached hydrogen (secondary N) is 1. The summed E-state index contributed by atoms with van der Waals surface area (Å²) in [4.78, 5) is 20.3. The van der Waals surface area contributed by atoms with Crippen molar-refractivity contribution in [2.24, 2.45) is 5.73 Å². The maximum atomic E-state index is 12.0. The van der Waals surface area contributed by atoms with Crippen LogP contribution in [0.15, 0.2) is 30.3 Å². The monoisotopic (exact) mass is 328 g/mol. The number of hydrogen-bond acceptors (Lipinski definition) is 5. The third-order valence-electron chi connectivity index (χ3n) is 4.52. The number of rotatable bonds is 4. The summed E-state index contributed by atoms with van der Waals surface area (Å²) in [7, 11) is 0. The van der Waals surface area contributed by atoms with Crippen LogP contribution in [0.25, 0.3) is 0 Å². The molecule has 1 fully saturated rings. The normalized spacial score (nSPS) is 19.2. The van der Waals surface area contributed by atoms with Gasteiger partial charge in [0.15, 0.2) is 5.13 Å². The van der Waals surface area contributed by atoms with E-state index in [2.05, 4.69) is 39.5 Å². The number of fused-ring (bicyclic) bond motifs is 1. The second kappa shape index (κ2) is 5.70. The van der Waals surface area contributed by atoms with E-state index in [1.165, 1.54) is 10.4 Å². The zero-order chi connectivity index (χ0) is 15.9. The molecule has 2 aromatic rings. The molecule has 4 rings (SSSR count). The van der Waals surface area contributed by atoms with Crippen molar-refractivity contribution in [3.63, 3.8) is 0 Å². The number of aromatic nitrogens is 1. The largest absolute Gasteiger partial charge is 0.317 e. The van der Waals surface area contributed by atoms with Gasteiger partial charge in [-0.05, 0) is 18.4 Å². The number of amides is 1. The summed E-state index contributed by atoms with van der Waals surface area (Å²) < 4.78 is 0. The first-order valence-corrected chi connectivity index (χ1v) is 8.79. The maximum absolute atomic E-state index is 12.0. The third-order valence-corrected chi connectivity index (χ3v) is 5.52. The van der Waals surface area contributed by atoms with Crippen LogP contribution in [-0.2, 0) is 24.3 Å². The van der Waals surface area contributed by atoms with Crippen LogP contribution < -0.4 is 11.1 Å². The van der Waals surface area contributed by atoms with Gasteiger partial charge in [-0.15, -0.1) is 11.3 Å². The smallest absolute Gasteiger partial charge is 0.246 e. The lowest BCUT2D eigenvalue weighted by atomic mass is 10.1. The lowest BCUT2D eigenvalue weighted by Gasteiger charge is -2.25. The first-order chi connectivity index (χ1) is 11.1. The summed E-state index contributed by atoms with van der Waals surface area (Å²) in [6, 6.07) is 10.5. The number of nitrogens with two attached hydrogens (primary N) is 1. The van der Waals surface area contributed by atoms with E-state index in [9.17, 15) is 4.79 Å². The predicted octanol–water partition coefficient (Wildman–Crippen LogP) is 2.13. The van der Waals surface area contributed by atoms with Crippen LogP contribution >= 0.6 is 11.3 Å². The molecule has 3 N–H and O–H groups in total. The summed E-state index contributed by atoms with van der Waals surface area (Å²) in [6.45, 7) is 2.84. The molecule has 6 heteroatoms. The summed E-state index contributed by atoms with van der Waals surface area (Å²) in [5.41, 5.74) is 7.73. The molecule has 1 saturated carbocycles. The average molecular weight is 328 g/mol. The van der Waals surface area contributed by atoms with Crippen molar-refractivity contribution in [3.8, 4) is 0 Å².